The van der Waals surface area contributed by atoms with Crippen molar-refractivity contribution in [1.82, 2.24) is 10.2 Å². The normalized spacial score (nSPS) is 20.1. The molecule has 1 N–H and O–H groups in total. The van der Waals surface area contributed by atoms with Gasteiger partial charge in [0, 0.05) is 25.3 Å². The van der Waals surface area contributed by atoms with Gasteiger partial charge in [0.15, 0.2) is 0 Å². The third-order valence-electron chi connectivity index (χ3n) is 3.61. The molecule has 0 bridgehead atoms. The molecule has 4 nitrogen and oxygen atoms in total. The van der Waals surface area contributed by atoms with Crippen LogP contribution in [0.1, 0.15) is 37.5 Å². The zero-order valence-corrected chi connectivity index (χ0v) is 12.2. The van der Waals surface area contributed by atoms with Gasteiger partial charge in [0.05, 0.1) is 18.9 Å². The highest BCUT2D eigenvalue weighted by Crippen LogP contribution is 2.16. The first kappa shape index (κ1) is 14.6. The predicted molar refractivity (Wildman–Crippen MR) is 76.0 cm³/mol. The van der Waals surface area contributed by atoms with Crippen LogP contribution in [0.2, 0.25) is 0 Å². The summed E-state index contributed by atoms with van der Waals surface area (Å²) in [5, 5.41) is 3.34. The highest BCUT2D eigenvalue weighted by Gasteiger charge is 2.17. The molecule has 1 atom stereocenters. The van der Waals surface area contributed by atoms with Crippen LogP contribution in [0.5, 0.6) is 0 Å². The van der Waals surface area contributed by atoms with Crippen molar-refractivity contribution in [1.29, 1.82) is 0 Å². The lowest BCUT2D eigenvalue weighted by atomic mass is 10.1. The van der Waals surface area contributed by atoms with E-state index in [4.69, 9.17) is 9.15 Å². The summed E-state index contributed by atoms with van der Waals surface area (Å²) in [5.41, 5.74) is 1.26. The van der Waals surface area contributed by atoms with Gasteiger partial charge in [0.1, 0.15) is 5.76 Å². The van der Waals surface area contributed by atoms with E-state index in [0.717, 1.165) is 38.5 Å². The Balaban J connectivity index is 1.80. The van der Waals surface area contributed by atoms with E-state index in [1.54, 1.807) is 6.26 Å². The molecular formula is C15H26N2O2. The maximum atomic E-state index is 5.78. The van der Waals surface area contributed by atoms with Crippen molar-refractivity contribution in [2.45, 2.75) is 45.4 Å². The van der Waals surface area contributed by atoms with E-state index in [-0.39, 0.29) is 0 Å². The fourth-order valence-electron chi connectivity index (χ4n) is 2.53. The number of ether oxygens (including phenoxy) is 1. The van der Waals surface area contributed by atoms with Crippen molar-refractivity contribution in [3.63, 3.8) is 0 Å². The number of furan rings is 1. The molecular weight excluding hydrogens is 240 g/mol. The smallest absolute Gasteiger partial charge is 0.122 e. The van der Waals surface area contributed by atoms with Crippen molar-refractivity contribution in [2.75, 3.05) is 26.7 Å². The molecule has 1 aliphatic heterocycles. The highest BCUT2D eigenvalue weighted by atomic mass is 16.5. The second kappa shape index (κ2) is 7.68. The van der Waals surface area contributed by atoms with Gasteiger partial charge in [-0.3, -0.25) is 4.90 Å². The summed E-state index contributed by atoms with van der Waals surface area (Å²) in [6.07, 6.45) is 5.88. The minimum atomic E-state index is 0.394. The maximum absolute atomic E-state index is 5.78. The first-order valence-electron chi connectivity index (χ1n) is 7.35. The van der Waals surface area contributed by atoms with Crippen LogP contribution in [-0.2, 0) is 17.8 Å². The molecule has 19 heavy (non-hydrogen) atoms. The number of nitrogens with zero attached hydrogens (tertiary/aromatic N) is 1. The van der Waals surface area contributed by atoms with Gasteiger partial charge in [-0.15, -0.1) is 0 Å². The largest absolute Gasteiger partial charge is 0.468 e. The maximum Gasteiger partial charge on any atom is 0.122 e. The van der Waals surface area contributed by atoms with E-state index < -0.39 is 0 Å². The van der Waals surface area contributed by atoms with E-state index in [1.807, 2.05) is 0 Å². The molecule has 0 saturated carbocycles. The number of rotatable bonds is 7. The van der Waals surface area contributed by atoms with E-state index in [0.29, 0.717) is 6.10 Å². The Morgan fingerprint density at radius 2 is 2.32 bits per heavy atom. The molecule has 1 aromatic heterocycles. The summed E-state index contributed by atoms with van der Waals surface area (Å²) in [4.78, 5) is 2.30. The molecule has 1 aromatic rings. The Kier molecular flexibility index (Phi) is 5.89. The minimum Gasteiger partial charge on any atom is -0.468 e. The quantitative estimate of drug-likeness (QED) is 0.822. The lowest BCUT2D eigenvalue weighted by molar-refractivity contribution is -0.00343. The number of likely N-dealkylation sites (N-methyl/N-ethyl adjacent to an activating group) is 1. The molecule has 4 heteroatoms. The van der Waals surface area contributed by atoms with Crippen LogP contribution in [0.25, 0.3) is 0 Å². The Hall–Kier alpha value is -0.840. The molecule has 1 saturated heterocycles. The lowest BCUT2D eigenvalue weighted by Crippen LogP contribution is -2.33. The Morgan fingerprint density at radius 1 is 1.42 bits per heavy atom. The molecule has 0 aromatic carbocycles. The van der Waals surface area contributed by atoms with E-state index in [9.17, 15) is 0 Å². The van der Waals surface area contributed by atoms with Gasteiger partial charge >= 0.3 is 0 Å². The lowest BCUT2D eigenvalue weighted by Gasteiger charge is -2.27. The third kappa shape index (κ3) is 4.64. The molecule has 2 heterocycles. The SMILES string of the molecule is CCNCc1ccoc1CN(C)CC1CCCCO1. The molecule has 0 aliphatic carbocycles. The fourth-order valence-corrected chi connectivity index (χ4v) is 2.53. The predicted octanol–water partition coefficient (Wildman–Crippen LogP) is 2.39. The van der Waals surface area contributed by atoms with Gasteiger partial charge < -0.3 is 14.5 Å². The van der Waals surface area contributed by atoms with Crippen LogP contribution < -0.4 is 5.32 Å². The fraction of sp³-hybridized carbons (Fsp3) is 0.733. The molecule has 0 spiro atoms. The highest BCUT2D eigenvalue weighted by molar-refractivity contribution is 5.16. The van der Waals surface area contributed by atoms with E-state index in [2.05, 4.69) is 30.3 Å². The summed E-state index contributed by atoms with van der Waals surface area (Å²) in [5.74, 6) is 1.07. The Morgan fingerprint density at radius 3 is 3.05 bits per heavy atom. The number of hydrogen-bond donors (Lipinski definition) is 1. The second-order valence-electron chi connectivity index (χ2n) is 5.33. The second-order valence-corrected chi connectivity index (χ2v) is 5.33. The summed E-state index contributed by atoms with van der Waals surface area (Å²) >= 11 is 0. The summed E-state index contributed by atoms with van der Waals surface area (Å²) < 4.78 is 11.4. The molecule has 1 fully saturated rings. The first-order chi connectivity index (χ1) is 9.29. The Labute approximate surface area is 116 Å². The van der Waals surface area contributed by atoms with Crippen molar-refractivity contribution in [3.8, 4) is 0 Å². The van der Waals surface area contributed by atoms with Gasteiger partial charge in [-0.05, 0) is 38.9 Å². The van der Waals surface area contributed by atoms with Gasteiger partial charge in [0.25, 0.3) is 0 Å². The Bertz CT molecular complexity index is 359. The summed E-state index contributed by atoms with van der Waals surface area (Å²) in [6, 6.07) is 2.06. The van der Waals surface area contributed by atoms with Crippen molar-refractivity contribution < 1.29 is 9.15 Å². The topological polar surface area (TPSA) is 37.6 Å². The van der Waals surface area contributed by atoms with Crippen LogP contribution in [0.15, 0.2) is 16.7 Å². The van der Waals surface area contributed by atoms with Crippen molar-refractivity contribution >= 4 is 0 Å². The molecule has 0 radical (unpaired) electrons. The van der Waals surface area contributed by atoms with Gasteiger partial charge in [0.2, 0.25) is 0 Å². The van der Waals surface area contributed by atoms with Crippen molar-refractivity contribution in [3.05, 3.63) is 23.7 Å². The van der Waals surface area contributed by atoms with E-state index >= 15 is 0 Å². The number of hydrogen-bond acceptors (Lipinski definition) is 4. The molecule has 1 unspecified atom stereocenters. The summed E-state index contributed by atoms with van der Waals surface area (Å²) in [6.45, 7) is 6.75. The van der Waals surface area contributed by atoms with Crippen LogP contribution in [0.4, 0.5) is 0 Å². The van der Waals surface area contributed by atoms with Crippen molar-refractivity contribution in [2.24, 2.45) is 0 Å². The zero-order chi connectivity index (χ0) is 13.5. The number of nitrogens with one attached hydrogen (secondary N) is 1. The van der Waals surface area contributed by atoms with Crippen LogP contribution in [-0.4, -0.2) is 37.7 Å². The standard InChI is InChI=1S/C15H26N2O2/c1-3-16-10-13-7-9-19-15(13)12-17(2)11-14-6-4-5-8-18-14/h7,9,14,16H,3-6,8,10-12H2,1-2H3. The molecule has 1 aliphatic rings. The average Bonchev–Trinajstić information content (AvgIpc) is 2.84. The molecule has 108 valence electrons. The minimum absolute atomic E-state index is 0.394. The molecule has 2 rings (SSSR count). The zero-order valence-electron chi connectivity index (χ0n) is 12.2. The van der Waals surface area contributed by atoms with Crippen LogP contribution in [0, 0.1) is 0 Å². The average molecular weight is 266 g/mol. The monoisotopic (exact) mass is 266 g/mol. The van der Waals surface area contributed by atoms with Crippen LogP contribution in [0.3, 0.4) is 0 Å². The molecule has 0 amide bonds. The first-order valence-corrected chi connectivity index (χ1v) is 7.35. The van der Waals surface area contributed by atoms with Gasteiger partial charge in [-0.1, -0.05) is 6.92 Å². The third-order valence-corrected chi connectivity index (χ3v) is 3.61. The summed E-state index contributed by atoms with van der Waals surface area (Å²) in [7, 11) is 2.14. The van der Waals surface area contributed by atoms with E-state index in [1.165, 1.54) is 24.8 Å². The van der Waals surface area contributed by atoms with Gasteiger partial charge in [-0.2, -0.15) is 0 Å². The van der Waals surface area contributed by atoms with Gasteiger partial charge in [-0.25, -0.2) is 0 Å². The van der Waals surface area contributed by atoms with Crippen LogP contribution >= 0.6 is 0 Å².